The maximum absolute atomic E-state index is 11.7. The third-order valence-electron chi connectivity index (χ3n) is 3.43. The van der Waals surface area contributed by atoms with Gasteiger partial charge in [0.2, 0.25) is 0 Å². The lowest BCUT2D eigenvalue weighted by molar-refractivity contribution is -0.168. The summed E-state index contributed by atoms with van der Waals surface area (Å²) in [6.07, 6.45) is 6.01. The van der Waals surface area contributed by atoms with Crippen molar-refractivity contribution in [2.75, 3.05) is 6.61 Å². The summed E-state index contributed by atoms with van der Waals surface area (Å²) in [6, 6.07) is 7.69. The number of carboxylic acid groups (broad SMARTS) is 1. The third kappa shape index (κ3) is 2.18. The van der Waals surface area contributed by atoms with Gasteiger partial charge in [-0.05, 0) is 37.3 Å². The number of carboxylic acids is 1. The lowest BCUT2D eigenvalue weighted by Gasteiger charge is -2.35. The quantitative estimate of drug-likeness (QED) is 0.831. The van der Waals surface area contributed by atoms with Gasteiger partial charge >= 0.3 is 5.97 Å². The van der Waals surface area contributed by atoms with Gasteiger partial charge in [0.15, 0.2) is 5.60 Å². The molecule has 1 aromatic rings. The zero-order valence-corrected chi connectivity index (χ0v) is 10.6. The highest BCUT2D eigenvalue weighted by atomic mass is 16.5. The van der Waals surface area contributed by atoms with Crippen molar-refractivity contribution in [1.29, 1.82) is 0 Å². The summed E-state index contributed by atoms with van der Waals surface area (Å²) in [7, 11) is 0. The molecule has 1 aliphatic carbocycles. The maximum atomic E-state index is 11.7. The monoisotopic (exact) mass is 246 g/mol. The molecule has 0 amide bonds. The van der Waals surface area contributed by atoms with Crippen molar-refractivity contribution in [3.05, 3.63) is 47.5 Å². The van der Waals surface area contributed by atoms with Gasteiger partial charge in [-0.2, -0.15) is 0 Å². The van der Waals surface area contributed by atoms with E-state index in [0.29, 0.717) is 13.0 Å². The molecular formula is C15H18O3. The summed E-state index contributed by atoms with van der Waals surface area (Å²) in [6.45, 7) is 2.22. The Bertz CT molecular complexity index is 465. The van der Waals surface area contributed by atoms with Gasteiger partial charge in [0, 0.05) is 0 Å². The van der Waals surface area contributed by atoms with E-state index in [4.69, 9.17) is 4.74 Å². The Morgan fingerprint density at radius 3 is 3.00 bits per heavy atom. The molecule has 0 radical (unpaired) electrons. The number of carbonyl (C=O) groups is 1. The van der Waals surface area contributed by atoms with E-state index in [0.717, 1.165) is 24.0 Å². The molecule has 18 heavy (non-hydrogen) atoms. The molecule has 1 atom stereocenters. The highest BCUT2D eigenvalue weighted by molar-refractivity contribution is 5.80. The zero-order valence-electron chi connectivity index (χ0n) is 10.6. The molecule has 0 saturated heterocycles. The van der Waals surface area contributed by atoms with Gasteiger partial charge in [0.1, 0.15) is 0 Å². The lowest BCUT2D eigenvalue weighted by Crippen LogP contribution is -2.41. The summed E-state index contributed by atoms with van der Waals surface area (Å²) in [4.78, 5) is 11.7. The fourth-order valence-corrected chi connectivity index (χ4v) is 2.52. The van der Waals surface area contributed by atoms with Crippen LogP contribution in [0.3, 0.4) is 0 Å². The summed E-state index contributed by atoms with van der Waals surface area (Å²) >= 11 is 0. The molecule has 1 unspecified atom stereocenters. The van der Waals surface area contributed by atoms with E-state index < -0.39 is 11.6 Å². The molecule has 2 rings (SSSR count). The molecule has 1 aromatic carbocycles. The number of allylic oxidation sites excluding steroid dienone is 1. The Labute approximate surface area is 107 Å². The van der Waals surface area contributed by atoms with Crippen LogP contribution in [0.15, 0.2) is 36.4 Å². The number of hydrogen-bond acceptors (Lipinski definition) is 2. The summed E-state index contributed by atoms with van der Waals surface area (Å²) in [5.74, 6) is -0.890. The van der Waals surface area contributed by atoms with Crippen LogP contribution in [0.1, 0.15) is 30.9 Å². The first-order chi connectivity index (χ1) is 8.70. The van der Waals surface area contributed by atoms with Crippen molar-refractivity contribution in [2.24, 2.45) is 0 Å². The van der Waals surface area contributed by atoms with Gasteiger partial charge in [-0.25, -0.2) is 4.79 Å². The summed E-state index contributed by atoms with van der Waals surface area (Å²) in [5.41, 5.74) is 0.730. The first-order valence-corrected chi connectivity index (χ1v) is 6.27. The van der Waals surface area contributed by atoms with Crippen molar-refractivity contribution in [3.8, 4) is 0 Å². The zero-order chi connectivity index (χ0) is 13.0. The molecule has 3 heteroatoms. The number of aliphatic carboxylic acids is 1. The van der Waals surface area contributed by atoms with Gasteiger partial charge in [0.25, 0.3) is 0 Å². The van der Waals surface area contributed by atoms with Gasteiger partial charge in [-0.3, -0.25) is 0 Å². The second-order valence-corrected chi connectivity index (χ2v) is 4.52. The van der Waals surface area contributed by atoms with Crippen LogP contribution in [-0.4, -0.2) is 17.7 Å². The summed E-state index contributed by atoms with van der Waals surface area (Å²) < 4.78 is 5.71. The molecule has 0 spiro atoms. The van der Waals surface area contributed by atoms with Gasteiger partial charge in [-0.1, -0.05) is 36.4 Å². The molecule has 0 aromatic heterocycles. The molecule has 1 N–H and O–H groups in total. The average Bonchev–Trinajstić information content (AvgIpc) is 2.39. The minimum absolute atomic E-state index is 0.330. The van der Waals surface area contributed by atoms with Crippen molar-refractivity contribution in [3.63, 3.8) is 0 Å². The summed E-state index contributed by atoms with van der Waals surface area (Å²) in [5, 5.41) is 9.59. The van der Waals surface area contributed by atoms with E-state index in [-0.39, 0.29) is 0 Å². The number of hydrogen-bond donors (Lipinski definition) is 1. The van der Waals surface area contributed by atoms with Crippen molar-refractivity contribution in [1.82, 2.24) is 0 Å². The van der Waals surface area contributed by atoms with E-state index in [9.17, 15) is 9.90 Å². The van der Waals surface area contributed by atoms with Crippen LogP contribution >= 0.6 is 0 Å². The third-order valence-corrected chi connectivity index (χ3v) is 3.43. The Morgan fingerprint density at radius 1 is 1.50 bits per heavy atom. The van der Waals surface area contributed by atoms with E-state index >= 15 is 0 Å². The van der Waals surface area contributed by atoms with E-state index in [1.807, 2.05) is 43.3 Å². The first-order valence-electron chi connectivity index (χ1n) is 6.27. The Balaban J connectivity index is 2.39. The molecule has 96 valence electrons. The van der Waals surface area contributed by atoms with Crippen LogP contribution in [0.25, 0.3) is 0 Å². The van der Waals surface area contributed by atoms with Crippen LogP contribution in [0.4, 0.5) is 0 Å². The second kappa shape index (κ2) is 5.36. The second-order valence-electron chi connectivity index (χ2n) is 4.52. The first kappa shape index (κ1) is 12.8. The maximum Gasteiger partial charge on any atom is 0.340 e. The topological polar surface area (TPSA) is 46.5 Å². The van der Waals surface area contributed by atoms with Crippen LogP contribution in [0.2, 0.25) is 0 Å². The standard InChI is InChI=1S/C15H18O3/c1-2-3-11-18-15(14(16)17)10-6-8-12-7-4-5-9-13(12)15/h2-5,7,9H,6,8,10-11H2,1H3,(H,16,17). The fraction of sp³-hybridized carbons (Fsp3) is 0.400. The molecule has 0 heterocycles. The minimum atomic E-state index is -1.17. The van der Waals surface area contributed by atoms with Gasteiger partial charge in [0.05, 0.1) is 6.61 Å². The van der Waals surface area contributed by atoms with E-state index in [1.54, 1.807) is 0 Å². The molecule has 3 nitrogen and oxygen atoms in total. The van der Waals surface area contributed by atoms with E-state index in [2.05, 4.69) is 0 Å². The lowest BCUT2D eigenvalue weighted by atomic mass is 9.79. The van der Waals surface area contributed by atoms with Crippen LogP contribution in [0, 0.1) is 0 Å². The molecule has 0 fully saturated rings. The largest absolute Gasteiger partial charge is 0.479 e. The number of aryl methyl sites for hydroxylation is 1. The van der Waals surface area contributed by atoms with Crippen LogP contribution in [0.5, 0.6) is 0 Å². The van der Waals surface area contributed by atoms with Gasteiger partial charge in [-0.15, -0.1) is 0 Å². The highest BCUT2D eigenvalue weighted by Gasteiger charge is 2.44. The Morgan fingerprint density at radius 2 is 2.28 bits per heavy atom. The highest BCUT2D eigenvalue weighted by Crippen LogP contribution is 2.38. The minimum Gasteiger partial charge on any atom is -0.479 e. The van der Waals surface area contributed by atoms with Crippen molar-refractivity contribution < 1.29 is 14.6 Å². The smallest absolute Gasteiger partial charge is 0.340 e. The predicted molar refractivity (Wildman–Crippen MR) is 69.5 cm³/mol. The fourth-order valence-electron chi connectivity index (χ4n) is 2.52. The Kier molecular flexibility index (Phi) is 3.82. The molecular weight excluding hydrogens is 228 g/mol. The number of ether oxygens (including phenoxy) is 1. The number of benzene rings is 1. The molecule has 1 aliphatic rings. The average molecular weight is 246 g/mol. The van der Waals surface area contributed by atoms with Crippen LogP contribution < -0.4 is 0 Å². The molecule has 0 aliphatic heterocycles. The normalized spacial score (nSPS) is 22.9. The van der Waals surface area contributed by atoms with Crippen LogP contribution in [-0.2, 0) is 21.6 Å². The SMILES string of the molecule is CC=CCOC1(C(=O)O)CCCc2ccccc21. The van der Waals surface area contributed by atoms with Crippen molar-refractivity contribution >= 4 is 5.97 Å². The molecule has 0 bridgehead atoms. The number of rotatable bonds is 4. The van der Waals surface area contributed by atoms with Crippen molar-refractivity contribution in [2.45, 2.75) is 31.8 Å². The number of fused-ring (bicyclic) bond motifs is 1. The molecule has 0 saturated carbocycles. The Hall–Kier alpha value is -1.61. The predicted octanol–water partition coefficient (Wildman–Crippen LogP) is 2.90. The van der Waals surface area contributed by atoms with Gasteiger partial charge < -0.3 is 9.84 Å². The van der Waals surface area contributed by atoms with E-state index in [1.165, 1.54) is 0 Å².